The van der Waals surface area contributed by atoms with Gasteiger partial charge in [-0.2, -0.15) is 0 Å². The predicted molar refractivity (Wildman–Crippen MR) is 197 cm³/mol. The van der Waals surface area contributed by atoms with Crippen LogP contribution in [-0.2, 0) is 0 Å². The molecule has 2 heterocycles. The molecule has 2 heteroatoms. The molecule has 10 aromatic rings. The molecule has 0 amide bonds. The molecule has 0 aliphatic heterocycles. The predicted octanol–water partition coefficient (Wildman–Crippen LogP) is 12.5. The quantitative estimate of drug-likeness (QED) is 0.189. The zero-order valence-corrected chi connectivity index (χ0v) is 25.4. The molecule has 47 heavy (non-hydrogen) atoms. The Balaban J connectivity index is 1.15. The van der Waals surface area contributed by atoms with Crippen molar-refractivity contribution < 1.29 is 4.42 Å². The van der Waals surface area contributed by atoms with Crippen LogP contribution < -0.4 is 0 Å². The van der Waals surface area contributed by atoms with Crippen molar-refractivity contribution in [3.8, 4) is 44.5 Å². The monoisotopic (exact) mass is 597 g/mol. The van der Waals surface area contributed by atoms with Gasteiger partial charge in [-0.3, -0.25) is 4.98 Å². The molecule has 0 N–H and O–H groups in total. The van der Waals surface area contributed by atoms with Crippen molar-refractivity contribution in [2.45, 2.75) is 0 Å². The number of nitrogens with zero attached hydrogens (tertiary/aromatic N) is 1. The molecule has 2 aromatic heterocycles. The van der Waals surface area contributed by atoms with Crippen LogP contribution in [0.3, 0.4) is 0 Å². The molecular formula is C45H27NO. The van der Waals surface area contributed by atoms with Crippen LogP contribution in [0.2, 0.25) is 0 Å². The first-order chi connectivity index (χ1) is 23.3. The van der Waals surface area contributed by atoms with Gasteiger partial charge in [0.1, 0.15) is 11.2 Å². The molecule has 0 fully saturated rings. The Bertz CT molecular complexity index is 2790. The third-order valence-corrected chi connectivity index (χ3v) is 9.72. The molecule has 8 aromatic carbocycles. The van der Waals surface area contributed by atoms with Crippen LogP contribution >= 0.6 is 0 Å². The molecule has 0 radical (unpaired) electrons. The first-order valence-electron chi connectivity index (χ1n) is 16.0. The largest absolute Gasteiger partial charge is 0.455 e. The number of rotatable bonds is 4. The molecule has 218 valence electrons. The molecule has 0 unspecified atom stereocenters. The van der Waals surface area contributed by atoms with Gasteiger partial charge in [-0.05, 0) is 90.0 Å². The third kappa shape index (κ3) is 4.02. The highest BCUT2D eigenvalue weighted by molar-refractivity contribution is 6.27. The number of hydrogen-bond acceptors (Lipinski definition) is 2. The maximum Gasteiger partial charge on any atom is 0.143 e. The first kappa shape index (κ1) is 26.0. The van der Waals surface area contributed by atoms with Crippen LogP contribution in [0, 0.1) is 0 Å². The highest BCUT2D eigenvalue weighted by Gasteiger charge is 2.17. The maximum atomic E-state index is 6.41. The van der Waals surface area contributed by atoms with E-state index in [1.54, 1.807) is 0 Å². The second-order valence-corrected chi connectivity index (χ2v) is 12.3. The van der Waals surface area contributed by atoms with E-state index in [0.29, 0.717) is 0 Å². The zero-order valence-electron chi connectivity index (χ0n) is 25.4. The Hall–Kier alpha value is -6.25. The third-order valence-electron chi connectivity index (χ3n) is 9.72. The Morgan fingerprint density at radius 3 is 1.66 bits per heavy atom. The standard InChI is InChI=1S/C45H27NO/c1-2-15-42-38(12-1)41-14-5-13-37(45(41)47-42)33-10-4-9-32(26-33)36-21-17-29-18-22-39-35(20-16-28-19-23-40(36)44(29)43(28)39)31-8-3-7-30(25-31)34-11-6-24-46-27-34/h1-27H. The van der Waals surface area contributed by atoms with Gasteiger partial charge >= 0.3 is 0 Å². The van der Waals surface area contributed by atoms with Crippen LogP contribution in [0.4, 0.5) is 0 Å². The molecule has 2 nitrogen and oxygen atoms in total. The fourth-order valence-electron chi connectivity index (χ4n) is 7.53. The molecule has 0 saturated heterocycles. The van der Waals surface area contributed by atoms with Gasteiger partial charge in [0.05, 0.1) is 0 Å². The van der Waals surface area contributed by atoms with Gasteiger partial charge in [0.25, 0.3) is 0 Å². The SMILES string of the molecule is c1cncc(-c2cccc(-c3ccc4ccc5c(-c6cccc(-c7cccc8c7oc7ccccc78)c6)ccc6ccc3c4c65)c2)c1. The molecule has 10 rings (SSSR count). The summed E-state index contributed by atoms with van der Waals surface area (Å²) in [5.74, 6) is 0. The normalized spacial score (nSPS) is 11.8. The number of para-hydroxylation sites is 2. The summed E-state index contributed by atoms with van der Waals surface area (Å²) in [6.45, 7) is 0. The summed E-state index contributed by atoms with van der Waals surface area (Å²) in [5.41, 5.74) is 11.3. The van der Waals surface area contributed by atoms with E-state index in [-0.39, 0.29) is 0 Å². The van der Waals surface area contributed by atoms with E-state index in [2.05, 4.69) is 138 Å². The van der Waals surface area contributed by atoms with Crippen LogP contribution in [0.15, 0.2) is 168 Å². The van der Waals surface area contributed by atoms with Crippen molar-refractivity contribution in [3.05, 3.63) is 164 Å². The topological polar surface area (TPSA) is 26.0 Å². The smallest absolute Gasteiger partial charge is 0.143 e. The summed E-state index contributed by atoms with van der Waals surface area (Å²) < 4.78 is 6.41. The van der Waals surface area contributed by atoms with Gasteiger partial charge in [-0.15, -0.1) is 0 Å². The number of aromatic nitrogens is 1. The second-order valence-electron chi connectivity index (χ2n) is 12.3. The Labute approximate surface area is 271 Å². The number of furan rings is 1. The van der Waals surface area contributed by atoms with Crippen molar-refractivity contribution in [3.63, 3.8) is 0 Å². The lowest BCUT2D eigenvalue weighted by Crippen LogP contribution is -1.90. The summed E-state index contributed by atoms with van der Waals surface area (Å²) in [7, 11) is 0. The Morgan fingerprint density at radius 1 is 0.383 bits per heavy atom. The lowest BCUT2D eigenvalue weighted by atomic mass is 9.86. The molecule has 0 saturated carbocycles. The van der Waals surface area contributed by atoms with E-state index in [1.165, 1.54) is 60.1 Å². The second kappa shape index (κ2) is 10.1. The molecule has 0 aliphatic rings. The fraction of sp³-hybridized carbons (Fsp3) is 0. The molecular weight excluding hydrogens is 571 g/mol. The van der Waals surface area contributed by atoms with Gasteiger partial charge in [0, 0.05) is 34.3 Å². The van der Waals surface area contributed by atoms with Crippen LogP contribution in [0.1, 0.15) is 0 Å². The highest BCUT2D eigenvalue weighted by Crippen LogP contribution is 2.44. The zero-order chi connectivity index (χ0) is 30.9. The van der Waals surface area contributed by atoms with Crippen molar-refractivity contribution in [1.29, 1.82) is 0 Å². The van der Waals surface area contributed by atoms with E-state index < -0.39 is 0 Å². The number of pyridine rings is 1. The first-order valence-corrected chi connectivity index (χ1v) is 16.0. The molecule has 0 spiro atoms. The minimum Gasteiger partial charge on any atom is -0.455 e. The molecule has 0 bridgehead atoms. The van der Waals surface area contributed by atoms with Crippen LogP contribution in [-0.4, -0.2) is 4.98 Å². The van der Waals surface area contributed by atoms with E-state index in [1.807, 2.05) is 30.6 Å². The number of benzene rings is 8. The highest BCUT2D eigenvalue weighted by atomic mass is 16.3. The van der Waals surface area contributed by atoms with Gasteiger partial charge < -0.3 is 4.42 Å². The summed E-state index contributed by atoms with van der Waals surface area (Å²) in [4.78, 5) is 4.34. The van der Waals surface area contributed by atoms with Crippen LogP contribution in [0.5, 0.6) is 0 Å². The van der Waals surface area contributed by atoms with Crippen molar-refractivity contribution in [1.82, 2.24) is 4.98 Å². The van der Waals surface area contributed by atoms with Gasteiger partial charge in [-0.1, -0.05) is 127 Å². The fourth-order valence-corrected chi connectivity index (χ4v) is 7.53. The summed E-state index contributed by atoms with van der Waals surface area (Å²) in [6, 6.07) is 54.8. The average Bonchev–Trinajstić information content (AvgIpc) is 3.53. The minimum atomic E-state index is 0.918. The Morgan fingerprint density at radius 2 is 0.957 bits per heavy atom. The lowest BCUT2D eigenvalue weighted by molar-refractivity contribution is 0.670. The summed E-state index contributed by atoms with van der Waals surface area (Å²) in [6.07, 6.45) is 3.75. The van der Waals surface area contributed by atoms with E-state index in [0.717, 1.165) is 38.6 Å². The summed E-state index contributed by atoms with van der Waals surface area (Å²) in [5, 5.41) is 9.97. The molecule has 0 atom stereocenters. The lowest BCUT2D eigenvalue weighted by Gasteiger charge is -2.17. The van der Waals surface area contributed by atoms with Crippen molar-refractivity contribution >= 4 is 54.3 Å². The van der Waals surface area contributed by atoms with E-state index in [4.69, 9.17) is 4.42 Å². The Kier molecular flexibility index (Phi) is 5.61. The molecule has 0 aliphatic carbocycles. The average molecular weight is 598 g/mol. The van der Waals surface area contributed by atoms with Crippen molar-refractivity contribution in [2.24, 2.45) is 0 Å². The number of fused-ring (bicyclic) bond motifs is 3. The minimum absolute atomic E-state index is 0.918. The van der Waals surface area contributed by atoms with E-state index in [9.17, 15) is 0 Å². The summed E-state index contributed by atoms with van der Waals surface area (Å²) >= 11 is 0. The van der Waals surface area contributed by atoms with Crippen LogP contribution in [0.25, 0.3) is 98.8 Å². The van der Waals surface area contributed by atoms with Gasteiger partial charge in [0.2, 0.25) is 0 Å². The van der Waals surface area contributed by atoms with Gasteiger partial charge in [-0.25, -0.2) is 0 Å². The van der Waals surface area contributed by atoms with Gasteiger partial charge in [0.15, 0.2) is 0 Å². The van der Waals surface area contributed by atoms with Crippen molar-refractivity contribution in [2.75, 3.05) is 0 Å². The maximum absolute atomic E-state index is 6.41. The number of hydrogen-bond donors (Lipinski definition) is 0. The van der Waals surface area contributed by atoms with E-state index >= 15 is 0 Å².